The number of hydrogen-bond acceptors (Lipinski definition) is 4. The number of sulfonamides is 1. The van der Waals surface area contributed by atoms with Gasteiger partial charge in [0.15, 0.2) is 0 Å². The highest BCUT2D eigenvalue weighted by Crippen LogP contribution is 2.28. The Morgan fingerprint density at radius 1 is 1.26 bits per heavy atom. The molecule has 1 aromatic heterocycles. The second-order valence-electron chi connectivity index (χ2n) is 5.74. The molecule has 0 spiro atoms. The smallest absolute Gasteiger partial charge is 0.236 e. The molecular formula is C16H21N3O3S. The van der Waals surface area contributed by atoms with Gasteiger partial charge in [-0.25, -0.2) is 8.42 Å². The lowest BCUT2D eigenvalue weighted by Crippen LogP contribution is -2.32. The van der Waals surface area contributed by atoms with Gasteiger partial charge < -0.3 is 4.74 Å². The molecule has 0 fully saturated rings. The van der Waals surface area contributed by atoms with Gasteiger partial charge in [-0.3, -0.25) is 4.68 Å². The lowest BCUT2D eigenvalue weighted by Gasteiger charge is -2.20. The van der Waals surface area contributed by atoms with Crippen LogP contribution in [0.5, 0.6) is 5.88 Å². The fraction of sp³-hybridized carbons (Fsp3) is 0.438. The number of aryl methyl sites for hydroxylation is 1. The summed E-state index contributed by atoms with van der Waals surface area (Å²) in [5.41, 5.74) is 2.74. The number of ether oxygens (including phenoxy) is 1. The van der Waals surface area contributed by atoms with Crippen molar-refractivity contribution >= 4 is 10.0 Å². The first-order valence-corrected chi connectivity index (χ1v) is 9.22. The summed E-state index contributed by atoms with van der Waals surface area (Å²) in [7, 11) is 0.0575. The average Bonchev–Trinajstić information content (AvgIpc) is 2.71. The van der Waals surface area contributed by atoms with E-state index >= 15 is 0 Å². The summed E-state index contributed by atoms with van der Waals surface area (Å²) >= 11 is 0. The van der Waals surface area contributed by atoms with Crippen LogP contribution in [-0.2, 0) is 35.8 Å². The van der Waals surface area contributed by atoms with E-state index in [0.29, 0.717) is 19.0 Å². The first-order chi connectivity index (χ1) is 11.0. The number of rotatable bonds is 4. The Balaban J connectivity index is 1.87. The van der Waals surface area contributed by atoms with E-state index in [0.717, 1.165) is 29.7 Å². The van der Waals surface area contributed by atoms with E-state index < -0.39 is 10.0 Å². The van der Waals surface area contributed by atoms with Gasteiger partial charge in [-0.05, 0) is 18.4 Å². The van der Waals surface area contributed by atoms with Crippen LogP contribution in [0.4, 0.5) is 0 Å². The van der Waals surface area contributed by atoms with Crippen molar-refractivity contribution in [3.63, 3.8) is 0 Å². The number of nitrogens with zero attached hydrogens (tertiary/aromatic N) is 3. The molecule has 23 heavy (non-hydrogen) atoms. The number of methoxy groups -OCH3 is 1. The Kier molecular flexibility index (Phi) is 4.41. The number of benzene rings is 1. The molecule has 124 valence electrons. The maximum Gasteiger partial charge on any atom is 0.236 e. The highest BCUT2D eigenvalue weighted by molar-refractivity contribution is 7.88. The van der Waals surface area contributed by atoms with Crippen molar-refractivity contribution in [1.29, 1.82) is 0 Å². The number of hydrogen-bond donors (Lipinski definition) is 0. The monoisotopic (exact) mass is 335 g/mol. The second-order valence-corrected chi connectivity index (χ2v) is 7.71. The molecule has 7 heteroatoms. The molecule has 6 nitrogen and oxygen atoms in total. The molecule has 0 N–H and O–H groups in total. The molecule has 3 rings (SSSR count). The summed E-state index contributed by atoms with van der Waals surface area (Å²) in [5.74, 6) is 0.628. The minimum absolute atomic E-state index is 0.0260. The molecule has 2 heterocycles. The Hall–Kier alpha value is -1.86. The first-order valence-electron chi connectivity index (χ1n) is 7.62. The van der Waals surface area contributed by atoms with E-state index in [1.807, 2.05) is 37.4 Å². The van der Waals surface area contributed by atoms with Crippen LogP contribution < -0.4 is 4.74 Å². The van der Waals surface area contributed by atoms with Crippen LogP contribution in [0, 0.1) is 0 Å². The van der Waals surface area contributed by atoms with Crippen LogP contribution >= 0.6 is 0 Å². The normalized spacial score (nSPS) is 15.9. The van der Waals surface area contributed by atoms with Gasteiger partial charge in [0.1, 0.15) is 0 Å². The van der Waals surface area contributed by atoms with Crippen LogP contribution in [0.2, 0.25) is 0 Å². The van der Waals surface area contributed by atoms with Crippen molar-refractivity contribution in [2.24, 2.45) is 7.05 Å². The summed E-state index contributed by atoms with van der Waals surface area (Å²) in [6.45, 7) is 0.865. The lowest BCUT2D eigenvalue weighted by molar-refractivity contribution is 0.380. The molecule has 1 aliphatic rings. The summed E-state index contributed by atoms with van der Waals surface area (Å²) in [5, 5.41) is 4.33. The van der Waals surface area contributed by atoms with Crippen LogP contribution in [-0.4, -0.2) is 36.2 Å². The fourth-order valence-corrected chi connectivity index (χ4v) is 4.50. The minimum Gasteiger partial charge on any atom is -0.480 e. The first kappa shape index (κ1) is 16.0. The third-order valence-electron chi connectivity index (χ3n) is 4.18. The van der Waals surface area contributed by atoms with Crippen LogP contribution in [0.1, 0.15) is 23.2 Å². The molecule has 0 aliphatic carbocycles. The van der Waals surface area contributed by atoms with Crippen molar-refractivity contribution in [2.45, 2.75) is 25.1 Å². The van der Waals surface area contributed by atoms with Crippen molar-refractivity contribution in [2.75, 3.05) is 13.7 Å². The standard InChI is InChI=1S/C16H21N3O3S/c1-18-15-11-19(10-6-9-14(15)16(17-18)22-2)23(20,21)12-13-7-4-3-5-8-13/h3-5,7-8H,6,9-12H2,1-2H3. The van der Waals surface area contributed by atoms with Gasteiger partial charge in [-0.15, -0.1) is 5.10 Å². The Bertz CT molecular complexity index is 784. The molecule has 2 aromatic rings. The maximum atomic E-state index is 12.8. The number of aromatic nitrogens is 2. The van der Waals surface area contributed by atoms with Gasteiger partial charge in [0.2, 0.25) is 15.9 Å². The van der Waals surface area contributed by atoms with Gasteiger partial charge in [0.25, 0.3) is 0 Å². The van der Waals surface area contributed by atoms with Gasteiger partial charge in [-0.2, -0.15) is 4.31 Å². The molecular weight excluding hydrogens is 314 g/mol. The molecule has 0 radical (unpaired) electrons. The van der Waals surface area contributed by atoms with Crippen molar-refractivity contribution in [3.8, 4) is 5.88 Å². The molecule has 0 unspecified atom stereocenters. The van der Waals surface area contributed by atoms with E-state index in [2.05, 4.69) is 5.10 Å². The highest BCUT2D eigenvalue weighted by atomic mass is 32.2. The predicted molar refractivity (Wildman–Crippen MR) is 87.6 cm³/mol. The molecule has 0 bridgehead atoms. The van der Waals surface area contributed by atoms with E-state index in [-0.39, 0.29) is 5.75 Å². The zero-order valence-electron chi connectivity index (χ0n) is 13.4. The van der Waals surface area contributed by atoms with E-state index in [1.165, 1.54) is 0 Å². The molecule has 0 saturated heterocycles. The maximum absolute atomic E-state index is 12.8. The average molecular weight is 335 g/mol. The van der Waals surface area contributed by atoms with E-state index in [4.69, 9.17) is 4.74 Å². The Morgan fingerprint density at radius 3 is 2.70 bits per heavy atom. The molecule has 1 aliphatic heterocycles. The van der Waals surface area contributed by atoms with Crippen molar-refractivity contribution in [1.82, 2.24) is 14.1 Å². The summed E-state index contributed by atoms with van der Waals surface area (Å²) in [6.07, 6.45) is 1.55. The fourth-order valence-electron chi connectivity index (χ4n) is 2.98. The van der Waals surface area contributed by atoms with Crippen LogP contribution in [0.3, 0.4) is 0 Å². The second kappa shape index (κ2) is 6.33. The summed E-state index contributed by atoms with van der Waals surface area (Å²) in [4.78, 5) is 0. The summed E-state index contributed by atoms with van der Waals surface area (Å²) in [6, 6.07) is 9.28. The minimum atomic E-state index is -3.37. The van der Waals surface area contributed by atoms with Gasteiger partial charge in [0.05, 0.1) is 25.1 Å². The largest absolute Gasteiger partial charge is 0.480 e. The third kappa shape index (κ3) is 3.25. The topological polar surface area (TPSA) is 64.4 Å². The molecule has 0 saturated carbocycles. The van der Waals surface area contributed by atoms with Crippen molar-refractivity contribution < 1.29 is 13.2 Å². The van der Waals surface area contributed by atoms with E-state index in [9.17, 15) is 8.42 Å². The quantitative estimate of drug-likeness (QED) is 0.853. The van der Waals surface area contributed by atoms with Gasteiger partial charge in [-0.1, -0.05) is 30.3 Å². The van der Waals surface area contributed by atoms with E-state index in [1.54, 1.807) is 16.1 Å². The van der Waals surface area contributed by atoms with Gasteiger partial charge >= 0.3 is 0 Å². The lowest BCUT2D eigenvalue weighted by atomic mass is 10.1. The zero-order valence-corrected chi connectivity index (χ0v) is 14.2. The molecule has 0 atom stereocenters. The Labute approximate surface area is 136 Å². The highest BCUT2D eigenvalue weighted by Gasteiger charge is 2.29. The number of fused-ring (bicyclic) bond motifs is 1. The summed E-state index contributed by atoms with van der Waals surface area (Å²) < 4.78 is 34.1. The molecule has 0 amide bonds. The van der Waals surface area contributed by atoms with Crippen LogP contribution in [0.25, 0.3) is 0 Å². The SMILES string of the molecule is COc1nn(C)c2c1CCCN(S(=O)(=O)Cc1ccccc1)C2. The van der Waals surface area contributed by atoms with Crippen molar-refractivity contribution in [3.05, 3.63) is 47.2 Å². The van der Waals surface area contributed by atoms with Gasteiger partial charge in [0, 0.05) is 19.2 Å². The zero-order chi connectivity index (χ0) is 16.4. The third-order valence-corrected chi connectivity index (χ3v) is 5.97. The predicted octanol–water partition coefficient (Wildman–Crippen LogP) is 1.71. The Morgan fingerprint density at radius 2 is 2.00 bits per heavy atom. The van der Waals surface area contributed by atoms with Crippen LogP contribution in [0.15, 0.2) is 30.3 Å². The molecule has 1 aromatic carbocycles.